The van der Waals surface area contributed by atoms with Crippen LogP contribution < -0.4 is 10.1 Å². The Kier molecular flexibility index (Phi) is 6.94. The summed E-state index contributed by atoms with van der Waals surface area (Å²) in [7, 11) is 1.60. The average molecular weight is 361 g/mol. The van der Waals surface area contributed by atoms with Crippen LogP contribution in [0.1, 0.15) is 19.4 Å². The fraction of sp³-hybridized carbons (Fsp3) is 0.389. The normalized spacial score (nSPS) is 10.6. The number of nitrogens with zero attached hydrogens (tertiary/aromatic N) is 2. The molecule has 1 N–H and O–H groups in total. The Morgan fingerprint density at radius 2 is 2.00 bits per heavy atom. The highest BCUT2D eigenvalue weighted by molar-refractivity contribution is 7.13. The first-order valence-electron chi connectivity index (χ1n) is 8.08. The third kappa shape index (κ3) is 6.19. The number of aromatic nitrogens is 1. The van der Waals surface area contributed by atoms with E-state index in [4.69, 9.17) is 4.74 Å². The highest BCUT2D eigenvalue weighted by Crippen LogP contribution is 2.14. The minimum Gasteiger partial charge on any atom is -0.497 e. The van der Waals surface area contributed by atoms with Gasteiger partial charge in [0.2, 0.25) is 11.8 Å². The molecule has 134 valence electrons. The molecule has 2 rings (SSSR count). The van der Waals surface area contributed by atoms with E-state index in [-0.39, 0.29) is 30.7 Å². The molecule has 0 spiro atoms. The molecule has 0 radical (unpaired) electrons. The van der Waals surface area contributed by atoms with Crippen LogP contribution >= 0.6 is 11.3 Å². The third-order valence-corrected chi connectivity index (χ3v) is 4.15. The predicted molar refractivity (Wildman–Crippen MR) is 98.9 cm³/mol. The van der Waals surface area contributed by atoms with Crippen molar-refractivity contribution in [1.82, 2.24) is 9.88 Å². The van der Waals surface area contributed by atoms with Gasteiger partial charge in [0.05, 0.1) is 20.1 Å². The van der Waals surface area contributed by atoms with Crippen LogP contribution in [0.25, 0.3) is 0 Å². The smallest absolute Gasteiger partial charge is 0.245 e. The molecule has 0 bridgehead atoms. The Labute approximate surface area is 151 Å². The van der Waals surface area contributed by atoms with Gasteiger partial charge < -0.3 is 15.0 Å². The van der Waals surface area contributed by atoms with Gasteiger partial charge in [0.15, 0.2) is 5.13 Å². The fourth-order valence-corrected chi connectivity index (χ4v) is 2.89. The van der Waals surface area contributed by atoms with Crippen LogP contribution in [0, 0.1) is 5.92 Å². The largest absolute Gasteiger partial charge is 0.497 e. The molecule has 1 heterocycles. The minimum absolute atomic E-state index is 0.0206. The number of carbonyl (C=O) groups is 2. The maximum atomic E-state index is 12.6. The molecule has 0 unspecified atom stereocenters. The number of ether oxygens (including phenoxy) is 1. The quantitative estimate of drug-likeness (QED) is 0.785. The summed E-state index contributed by atoms with van der Waals surface area (Å²) < 4.78 is 5.12. The van der Waals surface area contributed by atoms with Crippen molar-refractivity contribution in [3.8, 4) is 5.75 Å². The molecule has 0 atom stereocenters. The number of rotatable bonds is 8. The Morgan fingerprint density at radius 3 is 2.56 bits per heavy atom. The van der Waals surface area contributed by atoms with E-state index in [2.05, 4.69) is 10.3 Å². The molecule has 1 aromatic carbocycles. The summed E-state index contributed by atoms with van der Waals surface area (Å²) >= 11 is 1.35. The lowest BCUT2D eigenvalue weighted by Crippen LogP contribution is -2.41. The van der Waals surface area contributed by atoms with Gasteiger partial charge in [0.25, 0.3) is 0 Å². The van der Waals surface area contributed by atoms with Gasteiger partial charge in [-0.2, -0.15) is 0 Å². The van der Waals surface area contributed by atoms with Gasteiger partial charge in [-0.25, -0.2) is 4.98 Å². The van der Waals surface area contributed by atoms with Crippen molar-refractivity contribution >= 4 is 28.3 Å². The first-order valence-corrected chi connectivity index (χ1v) is 8.96. The summed E-state index contributed by atoms with van der Waals surface area (Å²) in [6.45, 7) is 4.59. The van der Waals surface area contributed by atoms with E-state index in [1.165, 1.54) is 11.3 Å². The summed E-state index contributed by atoms with van der Waals surface area (Å²) in [5.74, 6) is 0.706. The number of nitrogens with one attached hydrogen (secondary N) is 1. The molecule has 2 aromatic rings. The second-order valence-electron chi connectivity index (χ2n) is 6.08. The Hall–Kier alpha value is -2.41. The van der Waals surface area contributed by atoms with Crippen LogP contribution in [0.5, 0.6) is 5.75 Å². The number of methoxy groups -OCH3 is 1. The molecule has 0 aliphatic carbocycles. The maximum Gasteiger partial charge on any atom is 0.245 e. The van der Waals surface area contributed by atoms with Crippen molar-refractivity contribution < 1.29 is 14.3 Å². The van der Waals surface area contributed by atoms with Gasteiger partial charge in [-0.3, -0.25) is 9.59 Å². The molecule has 1 aromatic heterocycles. The Balaban J connectivity index is 1.99. The zero-order chi connectivity index (χ0) is 18.2. The average Bonchev–Trinajstić information content (AvgIpc) is 3.07. The number of amides is 2. The van der Waals surface area contributed by atoms with Crippen LogP contribution in [0.3, 0.4) is 0 Å². The number of hydrogen-bond acceptors (Lipinski definition) is 5. The monoisotopic (exact) mass is 361 g/mol. The van der Waals surface area contributed by atoms with Gasteiger partial charge >= 0.3 is 0 Å². The first kappa shape index (κ1) is 18.9. The Bertz CT molecular complexity index is 684. The molecule has 0 aliphatic rings. The molecular weight excluding hydrogens is 338 g/mol. The standard InChI is InChI=1S/C18H23N3O3S/c1-13(2)11-21(12-16(22)20-18-19-8-9-25-18)17(23)10-14-4-6-15(24-3)7-5-14/h4-9,13H,10-12H2,1-3H3,(H,19,20,22). The summed E-state index contributed by atoms with van der Waals surface area (Å²) in [6.07, 6.45) is 1.88. The lowest BCUT2D eigenvalue weighted by atomic mass is 10.1. The molecule has 0 saturated carbocycles. The maximum absolute atomic E-state index is 12.6. The van der Waals surface area contributed by atoms with Crippen LogP contribution in [-0.2, 0) is 16.0 Å². The molecule has 6 nitrogen and oxygen atoms in total. The number of benzene rings is 1. The zero-order valence-corrected chi connectivity index (χ0v) is 15.5. The van der Waals surface area contributed by atoms with Crippen molar-refractivity contribution in [2.75, 3.05) is 25.5 Å². The summed E-state index contributed by atoms with van der Waals surface area (Å²) in [5, 5.41) is 5.04. The lowest BCUT2D eigenvalue weighted by molar-refractivity contribution is -0.134. The van der Waals surface area contributed by atoms with Crippen molar-refractivity contribution in [1.29, 1.82) is 0 Å². The minimum atomic E-state index is -0.237. The van der Waals surface area contributed by atoms with Crippen molar-refractivity contribution in [2.24, 2.45) is 5.92 Å². The van der Waals surface area contributed by atoms with Crippen molar-refractivity contribution in [2.45, 2.75) is 20.3 Å². The second kappa shape index (κ2) is 9.17. The van der Waals surface area contributed by atoms with Crippen LogP contribution in [-0.4, -0.2) is 41.9 Å². The number of thiazole rings is 1. The SMILES string of the molecule is COc1ccc(CC(=O)N(CC(=O)Nc2nccs2)CC(C)C)cc1. The highest BCUT2D eigenvalue weighted by Gasteiger charge is 2.19. The molecule has 25 heavy (non-hydrogen) atoms. The predicted octanol–water partition coefficient (Wildman–Crippen LogP) is 2.82. The lowest BCUT2D eigenvalue weighted by Gasteiger charge is -2.24. The fourth-order valence-electron chi connectivity index (χ4n) is 2.34. The Morgan fingerprint density at radius 1 is 1.28 bits per heavy atom. The van der Waals surface area contributed by atoms with E-state index < -0.39 is 0 Å². The molecular formula is C18H23N3O3S. The third-order valence-electron chi connectivity index (χ3n) is 3.47. The van der Waals surface area contributed by atoms with Gasteiger partial charge in [-0.05, 0) is 23.6 Å². The second-order valence-corrected chi connectivity index (χ2v) is 6.97. The summed E-state index contributed by atoms with van der Waals surface area (Å²) in [4.78, 5) is 30.4. The van der Waals surface area contributed by atoms with Crippen LogP contribution in [0.2, 0.25) is 0 Å². The molecule has 0 aliphatic heterocycles. The number of hydrogen-bond donors (Lipinski definition) is 1. The van der Waals surface area contributed by atoms with Gasteiger partial charge in [-0.1, -0.05) is 26.0 Å². The zero-order valence-electron chi connectivity index (χ0n) is 14.7. The molecule has 0 fully saturated rings. The summed E-state index contributed by atoms with van der Waals surface area (Å²) in [6, 6.07) is 7.37. The number of carbonyl (C=O) groups excluding carboxylic acids is 2. The van der Waals surface area contributed by atoms with Crippen LogP contribution in [0.4, 0.5) is 5.13 Å². The van der Waals surface area contributed by atoms with E-state index in [0.717, 1.165) is 11.3 Å². The topological polar surface area (TPSA) is 71.5 Å². The van der Waals surface area contributed by atoms with E-state index >= 15 is 0 Å². The van der Waals surface area contributed by atoms with Gasteiger partial charge in [-0.15, -0.1) is 11.3 Å². The molecule has 0 saturated heterocycles. The van der Waals surface area contributed by atoms with E-state index in [1.807, 2.05) is 38.1 Å². The van der Waals surface area contributed by atoms with Crippen LogP contribution in [0.15, 0.2) is 35.8 Å². The van der Waals surface area contributed by atoms with Crippen molar-refractivity contribution in [3.63, 3.8) is 0 Å². The van der Waals surface area contributed by atoms with E-state index in [0.29, 0.717) is 11.7 Å². The van der Waals surface area contributed by atoms with Gasteiger partial charge in [0.1, 0.15) is 5.75 Å². The molecule has 2 amide bonds. The highest BCUT2D eigenvalue weighted by atomic mass is 32.1. The number of anilines is 1. The van der Waals surface area contributed by atoms with E-state index in [9.17, 15) is 9.59 Å². The first-order chi connectivity index (χ1) is 12.0. The van der Waals surface area contributed by atoms with Crippen molar-refractivity contribution in [3.05, 3.63) is 41.4 Å². The summed E-state index contributed by atoms with van der Waals surface area (Å²) in [5.41, 5.74) is 0.889. The van der Waals surface area contributed by atoms with E-state index in [1.54, 1.807) is 23.6 Å². The molecule has 7 heteroatoms. The van der Waals surface area contributed by atoms with Gasteiger partial charge in [0, 0.05) is 18.1 Å².